The smallest absolute Gasteiger partial charge is 0.189 e. The molecular weight excluding hydrogens is 472 g/mol. The molecule has 2 aromatic carbocycles. The Hall–Kier alpha value is -3.65. The van der Waals surface area contributed by atoms with E-state index >= 15 is 0 Å². The number of hydrogen-bond acceptors (Lipinski definition) is 6. The summed E-state index contributed by atoms with van der Waals surface area (Å²) < 4.78 is 30.7. The second-order valence-corrected chi connectivity index (χ2v) is 9.52. The van der Waals surface area contributed by atoms with Crippen LogP contribution in [0.15, 0.2) is 65.3 Å². The Balaban J connectivity index is 1.47. The van der Waals surface area contributed by atoms with Crippen molar-refractivity contribution in [2.24, 2.45) is 5.92 Å². The molecule has 0 aliphatic heterocycles. The standard InChI is InChI=1S/C29H33F2N5O/c1-19(13-14-30)3-4-21-5-9-24(10-6-21)26-18-34-29(32)28(35-26)27-15-25(36-37-27)23-11-7-22(8-12-23)17-33-20(2)16-31/h5-12,15,18-20,33H,3-4,13-14,16-17H2,1-2H3,(H2,32,34). The van der Waals surface area contributed by atoms with E-state index in [0.29, 0.717) is 41.7 Å². The summed E-state index contributed by atoms with van der Waals surface area (Å²) in [6.07, 6.45) is 4.12. The van der Waals surface area contributed by atoms with Crippen molar-refractivity contribution in [3.05, 3.63) is 71.9 Å². The second-order valence-electron chi connectivity index (χ2n) is 9.52. The fraction of sp³-hybridized carbons (Fsp3) is 0.345. The first-order chi connectivity index (χ1) is 18.0. The summed E-state index contributed by atoms with van der Waals surface area (Å²) in [6.45, 7) is 3.81. The Morgan fingerprint density at radius 1 is 0.919 bits per heavy atom. The van der Waals surface area contributed by atoms with Gasteiger partial charge in [0.25, 0.3) is 0 Å². The number of rotatable bonds is 12. The van der Waals surface area contributed by atoms with E-state index < -0.39 is 6.67 Å². The lowest BCUT2D eigenvalue weighted by atomic mass is 9.98. The third-order valence-electron chi connectivity index (χ3n) is 6.46. The molecule has 0 saturated heterocycles. The number of alkyl halides is 2. The molecule has 2 aromatic heterocycles. The molecule has 3 N–H and O–H groups in total. The normalized spacial score (nSPS) is 13.0. The summed E-state index contributed by atoms with van der Waals surface area (Å²) in [5, 5.41) is 7.32. The fourth-order valence-electron chi connectivity index (χ4n) is 3.97. The Morgan fingerprint density at radius 2 is 1.59 bits per heavy atom. The number of nitrogen functional groups attached to an aromatic ring is 1. The van der Waals surface area contributed by atoms with Crippen molar-refractivity contribution in [1.82, 2.24) is 20.4 Å². The molecule has 2 unspecified atom stereocenters. The minimum Gasteiger partial charge on any atom is -0.382 e. The van der Waals surface area contributed by atoms with E-state index in [2.05, 4.69) is 34.5 Å². The highest BCUT2D eigenvalue weighted by Crippen LogP contribution is 2.30. The molecule has 0 aliphatic carbocycles. The molecule has 0 radical (unpaired) electrons. The molecule has 194 valence electrons. The number of nitrogens with two attached hydrogens (primary N) is 1. The zero-order valence-electron chi connectivity index (χ0n) is 21.3. The third-order valence-corrected chi connectivity index (χ3v) is 6.46. The summed E-state index contributed by atoms with van der Waals surface area (Å²) in [5.74, 6) is 1.06. The van der Waals surface area contributed by atoms with E-state index in [1.165, 1.54) is 5.56 Å². The van der Waals surface area contributed by atoms with Crippen LogP contribution in [0.5, 0.6) is 0 Å². The highest BCUT2D eigenvalue weighted by Gasteiger charge is 2.16. The summed E-state index contributed by atoms with van der Waals surface area (Å²) in [6, 6.07) is 17.6. The van der Waals surface area contributed by atoms with Crippen molar-refractivity contribution in [3.63, 3.8) is 0 Å². The number of aromatic nitrogens is 3. The molecule has 0 aliphatic rings. The molecular formula is C29H33F2N5O. The van der Waals surface area contributed by atoms with Gasteiger partial charge in [0, 0.05) is 29.8 Å². The number of hydrogen-bond donors (Lipinski definition) is 2. The number of anilines is 1. The second kappa shape index (κ2) is 12.5. The number of aryl methyl sites for hydroxylation is 1. The molecule has 0 amide bonds. The molecule has 6 nitrogen and oxygen atoms in total. The Bertz CT molecular complexity index is 1270. The van der Waals surface area contributed by atoms with Crippen LogP contribution < -0.4 is 11.1 Å². The van der Waals surface area contributed by atoms with Crippen LogP contribution in [-0.2, 0) is 13.0 Å². The minimum absolute atomic E-state index is 0.180. The average Bonchev–Trinajstić information content (AvgIpc) is 3.42. The van der Waals surface area contributed by atoms with Gasteiger partial charge < -0.3 is 15.6 Å². The Labute approximate surface area is 216 Å². The fourth-order valence-corrected chi connectivity index (χ4v) is 3.97. The van der Waals surface area contributed by atoms with Crippen molar-refractivity contribution in [1.29, 1.82) is 0 Å². The Morgan fingerprint density at radius 3 is 2.27 bits per heavy atom. The third kappa shape index (κ3) is 6.98. The zero-order chi connectivity index (χ0) is 26.2. The molecule has 2 heterocycles. The molecule has 8 heteroatoms. The molecule has 0 fully saturated rings. The first-order valence-electron chi connectivity index (χ1n) is 12.6. The van der Waals surface area contributed by atoms with Gasteiger partial charge in [-0.25, -0.2) is 14.4 Å². The van der Waals surface area contributed by atoms with Gasteiger partial charge in [0.15, 0.2) is 17.3 Å². The van der Waals surface area contributed by atoms with Crippen LogP contribution in [0, 0.1) is 5.92 Å². The van der Waals surface area contributed by atoms with Gasteiger partial charge in [-0.2, -0.15) is 0 Å². The highest BCUT2D eigenvalue weighted by atomic mass is 19.1. The van der Waals surface area contributed by atoms with E-state index in [0.717, 1.165) is 29.5 Å². The van der Waals surface area contributed by atoms with Crippen molar-refractivity contribution in [2.75, 3.05) is 19.1 Å². The van der Waals surface area contributed by atoms with Gasteiger partial charge in [-0.1, -0.05) is 60.6 Å². The maximum Gasteiger partial charge on any atom is 0.189 e. The van der Waals surface area contributed by atoms with Crippen molar-refractivity contribution in [3.8, 4) is 34.0 Å². The van der Waals surface area contributed by atoms with Crippen LogP contribution in [-0.4, -0.2) is 34.5 Å². The molecule has 37 heavy (non-hydrogen) atoms. The van der Waals surface area contributed by atoms with Gasteiger partial charge in [0.1, 0.15) is 12.4 Å². The molecule has 2 atom stereocenters. The van der Waals surface area contributed by atoms with Gasteiger partial charge in [-0.3, -0.25) is 4.39 Å². The maximum absolute atomic E-state index is 12.6. The Kier molecular flexibility index (Phi) is 8.95. The van der Waals surface area contributed by atoms with Crippen molar-refractivity contribution in [2.45, 2.75) is 45.7 Å². The van der Waals surface area contributed by atoms with Crippen LogP contribution in [0.2, 0.25) is 0 Å². The van der Waals surface area contributed by atoms with Crippen LogP contribution in [0.3, 0.4) is 0 Å². The first kappa shape index (κ1) is 26.4. The molecule has 0 spiro atoms. The average molecular weight is 506 g/mol. The monoisotopic (exact) mass is 505 g/mol. The van der Waals surface area contributed by atoms with Crippen LogP contribution in [0.4, 0.5) is 14.6 Å². The van der Waals surface area contributed by atoms with Crippen molar-refractivity contribution < 1.29 is 13.3 Å². The quantitative estimate of drug-likeness (QED) is 0.231. The minimum atomic E-state index is -0.402. The summed E-state index contributed by atoms with van der Waals surface area (Å²) in [4.78, 5) is 9.04. The van der Waals surface area contributed by atoms with Crippen LogP contribution in [0.25, 0.3) is 34.0 Å². The summed E-state index contributed by atoms with van der Waals surface area (Å²) in [5.41, 5.74) is 12.0. The first-order valence-corrected chi connectivity index (χ1v) is 12.6. The highest BCUT2D eigenvalue weighted by molar-refractivity contribution is 5.73. The predicted molar refractivity (Wildman–Crippen MR) is 143 cm³/mol. The maximum atomic E-state index is 12.6. The molecule has 4 aromatic rings. The van der Waals surface area contributed by atoms with Crippen LogP contribution in [0.1, 0.15) is 37.8 Å². The van der Waals surface area contributed by atoms with E-state index in [9.17, 15) is 8.78 Å². The van der Waals surface area contributed by atoms with Gasteiger partial charge in [-0.15, -0.1) is 0 Å². The van der Waals surface area contributed by atoms with Gasteiger partial charge in [0.2, 0.25) is 0 Å². The summed E-state index contributed by atoms with van der Waals surface area (Å²) in [7, 11) is 0. The van der Waals surface area contributed by atoms with Crippen molar-refractivity contribution >= 4 is 5.82 Å². The zero-order valence-corrected chi connectivity index (χ0v) is 21.3. The molecule has 4 rings (SSSR count). The van der Waals surface area contributed by atoms with E-state index in [1.54, 1.807) is 12.3 Å². The number of nitrogens with one attached hydrogen (secondary N) is 1. The predicted octanol–water partition coefficient (Wildman–Crippen LogP) is 6.42. The van der Waals surface area contributed by atoms with Gasteiger partial charge in [-0.05, 0) is 43.2 Å². The van der Waals surface area contributed by atoms with E-state index in [4.69, 9.17) is 15.2 Å². The number of nitrogens with zero attached hydrogens (tertiary/aromatic N) is 3. The molecule has 0 saturated carbocycles. The summed E-state index contributed by atoms with van der Waals surface area (Å²) >= 11 is 0. The van der Waals surface area contributed by atoms with E-state index in [-0.39, 0.29) is 18.5 Å². The number of benzene rings is 2. The largest absolute Gasteiger partial charge is 0.382 e. The van der Waals surface area contributed by atoms with E-state index in [1.807, 2.05) is 43.3 Å². The lowest BCUT2D eigenvalue weighted by molar-refractivity contribution is 0.389. The SMILES string of the molecule is CC(CCF)CCc1ccc(-c2cnc(N)c(-c3cc(-c4ccc(CNC(C)CF)cc4)no3)n2)cc1. The topological polar surface area (TPSA) is 89.9 Å². The lowest BCUT2D eigenvalue weighted by Gasteiger charge is -2.09. The van der Waals surface area contributed by atoms with Gasteiger partial charge >= 0.3 is 0 Å². The van der Waals surface area contributed by atoms with Crippen LogP contribution >= 0.6 is 0 Å². The molecule has 0 bridgehead atoms. The number of halogens is 2. The van der Waals surface area contributed by atoms with Gasteiger partial charge in [0.05, 0.1) is 18.6 Å². The lowest BCUT2D eigenvalue weighted by Crippen LogP contribution is -2.27.